The number of aromatic nitrogens is 3. The lowest BCUT2D eigenvalue weighted by molar-refractivity contribution is 0.0720. The van der Waals surface area contributed by atoms with Crippen LogP contribution in [0.5, 0.6) is 0 Å². The molecule has 2 aromatic heterocycles. The van der Waals surface area contributed by atoms with Crippen LogP contribution in [-0.4, -0.2) is 32.8 Å². The van der Waals surface area contributed by atoms with Gasteiger partial charge in [-0.25, -0.2) is 4.68 Å². The third-order valence-electron chi connectivity index (χ3n) is 3.80. The lowest BCUT2D eigenvalue weighted by Gasteiger charge is -2.22. The molecule has 0 aliphatic rings. The van der Waals surface area contributed by atoms with Gasteiger partial charge in [0.2, 0.25) is 0 Å². The predicted molar refractivity (Wildman–Crippen MR) is 84.8 cm³/mol. The molecule has 0 radical (unpaired) electrons. The molecule has 0 saturated carbocycles. The maximum Gasteiger partial charge on any atom is 0.276 e. The summed E-state index contributed by atoms with van der Waals surface area (Å²) in [5.41, 5.74) is 1.43. The average molecular weight is 310 g/mol. The molecule has 0 fully saturated rings. The standard InChI is InChI=1S/C17H18N4O2/c1-13(16-9-6-10-23-16)20(2)17(22)15-12-21(19-18-15)11-14-7-4-3-5-8-14/h3-10,12-13H,11H2,1-2H3. The molecule has 2 heterocycles. The van der Waals surface area contributed by atoms with E-state index in [9.17, 15) is 4.79 Å². The summed E-state index contributed by atoms with van der Waals surface area (Å²) >= 11 is 0. The number of rotatable bonds is 5. The SMILES string of the molecule is CC(c1ccco1)N(C)C(=O)c1cn(Cc2ccccc2)nn1. The molecule has 0 spiro atoms. The van der Waals surface area contributed by atoms with Crippen molar-refractivity contribution in [1.29, 1.82) is 0 Å². The van der Waals surface area contributed by atoms with Crippen molar-refractivity contribution in [2.24, 2.45) is 0 Å². The number of carbonyl (C=O) groups excluding carboxylic acids is 1. The van der Waals surface area contributed by atoms with Crippen LogP contribution in [0.3, 0.4) is 0 Å². The molecule has 3 aromatic rings. The van der Waals surface area contributed by atoms with Crippen LogP contribution >= 0.6 is 0 Å². The van der Waals surface area contributed by atoms with Crippen LogP contribution < -0.4 is 0 Å². The van der Waals surface area contributed by atoms with Gasteiger partial charge in [-0.3, -0.25) is 4.79 Å². The summed E-state index contributed by atoms with van der Waals surface area (Å²) in [6.07, 6.45) is 3.26. The third-order valence-corrected chi connectivity index (χ3v) is 3.80. The Morgan fingerprint density at radius 1 is 1.26 bits per heavy atom. The van der Waals surface area contributed by atoms with Crippen LogP contribution in [-0.2, 0) is 6.54 Å². The van der Waals surface area contributed by atoms with E-state index < -0.39 is 0 Å². The molecule has 1 aromatic carbocycles. The summed E-state index contributed by atoms with van der Waals surface area (Å²) in [5, 5.41) is 8.02. The van der Waals surface area contributed by atoms with Crippen molar-refractivity contribution < 1.29 is 9.21 Å². The van der Waals surface area contributed by atoms with E-state index >= 15 is 0 Å². The highest BCUT2D eigenvalue weighted by molar-refractivity contribution is 5.91. The minimum absolute atomic E-state index is 0.170. The van der Waals surface area contributed by atoms with Gasteiger partial charge in [0.05, 0.1) is 25.0 Å². The third kappa shape index (κ3) is 3.31. The van der Waals surface area contributed by atoms with Crippen LogP contribution in [0.2, 0.25) is 0 Å². The number of amides is 1. The number of hydrogen-bond donors (Lipinski definition) is 0. The minimum atomic E-state index is -0.187. The van der Waals surface area contributed by atoms with Gasteiger partial charge in [-0.1, -0.05) is 35.5 Å². The Kier molecular flexibility index (Phi) is 4.23. The van der Waals surface area contributed by atoms with Crippen molar-refractivity contribution in [2.75, 3.05) is 7.05 Å². The average Bonchev–Trinajstić information content (AvgIpc) is 3.25. The molecule has 1 unspecified atom stereocenters. The van der Waals surface area contributed by atoms with E-state index in [2.05, 4.69) is 10.3 Å². The first kappa shape index (κ1) is 15.0. The van der Waals surface area contributed by atoms with E-state index in [4.69, 9.17) is 4.42 Å². The molecular weight excluding hydrogens is 292 g/mol. The Morgan fingerprint density at radius 2 is 2.04 bits per heavy atom. The van der Waals surface area contributed by atoms with Crippen molar-refractivity contribution in [1.82, 2.24) is 19.9 Å². The van der Waals surface area contributed by atoms with Crippen molar-refractivity contribution in [3.8, 4) is 0 Å². The van der Waals surface area contributed by atoms with Gasteiger partial charge in [-0.15, -0.1) is 5.10 Å². The molecule has 118 valence electrons. The monoisotopic (exact) mass is 310 g/mol. The number of hydrogen-bond acceptors (Lipinski definition) is 4. The first-order valence-corrected chi connectivity index (χ1v) is 7.40. The highest BCUT2D eigenvalue weighted by Gasteiger charge is 2.23. The van der Waals surface area contributed by atoms with Gasteiger partial charge in [0.1, 0.15) is 5.76 Å². The van der Waals surface area contributed by atoms with Crippen molar-refractivity contribution >= 4 is 5.91 Å². The van der Waals surface area contributed by atoms with Gasteiger partial charge in [0.15, 0.2) is 5.69 Å². The van der Waals surface area contributed by atoms with E-state index in [0.717, 1.165) is 11.3 Å². The van der Waals surface area contributed by atoms with Crippen LogP contribution in [0.25, 0.3) is 0 Å². The molecule has 0 aliphatic carbocycles. The lowest BCUT2D eigenvalue weighted by Crippen LogP contribution is -2.29. The molecule has 6 nitrogen and oxygen atoms in total. The molecule has 23 heavy (non-hydrogen) atoms. The highest BCUT2D eigenvalue weighted by atomic mass is 16.3. The zero-order valence-corrected chi connectivity index (χ0v) is 13.1. The Labute approximate surface area is 134 Å². The van der Waals surface area contributed by atoms with E-state index in [-0.39, 0.29) is 11.9 Å². The summed E-state index contributed by atoms with van der Waals surface area (Å²) in [5.74, 6) is 0.547. The van der Waals surface area contributed by atoms with E-state index in [1.54, 1.807) is 35.2 Å². The van der Waals surface area contributed by atoms with Crippen LogP contribution in [0.1, 0.15) is 34.8 Å². The molecule has 0 bridgehead atoms. The van der Waals surface area contributed by atoms with Gasteiger partial charge < -0.3 is 9.32 Å². The van der Waals surface area contributed by atoms with Crippen molar-refractivity contribution in [3.05, 3.63) is 71.9 Å². The summed E-state index contributed by atoms with van der Waals surface area (Å²) in [6, 6.07) is 13.4. The summed E-state index contributed by atoms with van der Waals surface area (Å²) in [7, 11) is 1.73. The molecule has 3 rings (SSSR count). The normalized spacial score (nSPS) is 12.1. The van der Waals surface area contributed by atoms with Crippen molar-refractivity contribution in [2.45, 2.75) is 19.5 Å². The fraction of sp³-hybridized carbons (Fsp3) is 0.235. The lowest BCUT2D eigenvalue weighted by atomic mass is 10.2. The molecule has 6 heteroatoms. The second-order valence-corrected chi connectivity index (χ2v) is 5.39. The quantitative estimate of drug-likeness (QED) is 0.727. The molecular formula is C17H18N4O2. The first-order valence-electron chi connectivity index (χ1n) is 7.40. The zero-order chi connectivity index (χ0) is 16.2. The molecule has 1 atom stereocenters. The second-order valence-electron chi connectivity index (χ2n) is 5.39. The maximum atomic E-state index is 12.5. The fourth-order valence-corrected chi connectivity index (χ4v) is 2.32. The van der Waals surface area contributed by atoms with Gasteiger partial charge in [0, 0.05) is 7.05 Å². The second kappa shape index (κ2) is 6.48. The maximum absolute atomic E-state index is 12.5. The van der Waals surface area contributed by atoms with Crippen LogP contribution in [0.15, 0.2) is 59.3 Å². The predicted octanol–water partition coefficient (Wildman–Crippen LogP) is 2.75. The Hall–Kier alpha value is -2.89. The molecule has 0 N–H and O–H groups in total. The fourth-order valence-electron chi connectivity index (χ4n) is 2.32. The van der Waals surface area contributed by atoms with Gasteiger partial charge >= 0.3 is 0 Å². The van der Waals surface area contributed by atoms with Gasteiger partial charge in [0.25, 0.3) is 5.91 Å². The molecule has 1 amide bonds. The van der Waals surface area contributed by atoms with Crippen molar-refractivity contribution in [3.63, 3.8) is 0 Å². The zero-order valence-electron chi connectivity index (χ0n) is 13.1. The number of nitrogens with zero attached hydrogens (tertiary/aromatic N) is 4. The van der Waals surface area contributed by atoms with E-state index in [1.807, 2.05) is 43.3 Å². The summed E-state index contributed by atoms with van der Waals surface area (Å²) in [6.45, 7) is 2.49. The van der Waals surface area contributed by atoms with E-state index in [1.165, 1.54) is 0 Å². The Balaban J connectivity index is 1.71. The van der Waals surface area contributed by atoms with E-state index in [0.29, 0.717) is 12.2 Å². The molecule has 0 saturated heterocycles. The number of benzene rings is 1. The minimum Gasteiger partial charge on any atom is -0.467 e. The Morgan fingerprint density at radius 3 is 2.74 bits per heavy atom. The largest absolute Gasteiger partial charge is 0.467 e. The molecule has 0 aliphatic heterocycles. The summed E-state index contributed by atoms with van der Waals surface area (Å²) in [4.78, 5) is 14.1. The van der Waals surface area contributed by atoms with Gasteiger partial charge in [-0.05, 0) is 24.6 Å². The van der Waals surface area contributed by atoms with Crippen LogP contribution in [0.4, 0.5) is 0 Å². The highest BCUT2D eigenvalue weighted by Crippen LogP contribution is 2.20. The Bertz CT molecular complexity index is 765. The van der Waals surface area contributed by atoms with Crippen LogP contribution in [0, 0.1) is 0 Å². The van der Waals surface area contributed by atoms with Gasteiger partial charge in [-0.2, -0.15) is 0 Å². The summed E-state index contributed by atoms with van der Waals surface area (Å²) < 4.78 is 7.01. The smallest absolute Gasteiger partial charge is 0.276 e. The number of carbonyl (C=O) groups is 1. The number of furan rings is 1. The topological polar surface area (TPSA) is 64.2 Å². The first-order chi connectivity index (χ1) is 11.1.